The Morgan fingerprint density at radius 2 is 1.70 bits per heavy atom. The van der Waals surface area contributed by atoms with E-state index in [2.05, 4.69) is 20.1 Å². The number of nitrogens with one attached hydrogen (secondary N) is 1. The summed E-state index contributed by atoms with van der Waals surface area (Å²) in [4.78, 5) is 1.45. The van der Waals surface area contributed by atoms with Crippen molar-refractivity contribution in [1.82, 2.24) is 24.9 Å². The highest BCUT2D eigenvalue weighted by Crippen LogP contribution is 2.21. The molecular weight excluding hydrogens is 366 g/mol. The van der Waals surface area contributed by atoms with E-state index in [0.29, 0.717) is 16.7 Å². The van der Waals surface area contributed by atoms with E-state index in [1.165, 1.54) is 4.80 Å². The number of hydrogen-bond donors (Lipinski definition) is 1. The van der Waals surface area contributed by atoms with Gasteiger partial charge in [-0.25, -0.2) is 13.1 Å². The largest absolute Gasteiger partial charge is 0.356 e. The highest BCUT2D eigenvalue weighted by atomic mass is 32.2. The summed E-state index contributed by atoms with van der Waals surface area (Å²) in [6.45, 7) is 0.274. The Morgan fingerprint density at radius 1 is 1.00 bits per heavy atom. The topological polar surface area (TPSA) is 103 Å². The number of rotatable bonds is 7. The van der Waals surface area contributed by atoms with Gasteiger partial charge in [-0.1, -0.05) is 47.6 Å². The second-order valence-electron chi connectivity index (χ2n) is 6.05. The van der Waals surface area contributed by atoms with Crippen LogP contribution in [0.15, 0.2) is 71.5 Å². The van der Waals surface area contributed by atoms with E-state index in [1.54, 1.807) is 24.5 Å². The molecule has 1 N–H and O–H groups in total. The number of nitrogens with zero attached hydrogens (tertiary/aromatic N) is 4. The second kappa shape index (κ2) is 7.29. The van der Waals surface area contributed by atoms with Gasteiger partial charge < -0.3 is 4.52 Å². The Kier molecular flexibility index (Phi) is 4.69. The van der Waals surface area contributed by atoms with Crippen molar-refractivity contribution in [3.8, 4) is 0 Å². The minimum atomic E-state index is -3.69. The molecule has 0 saturated carbocycles. The molecule has 0 spiro atoms. The molecule has 1 unspecified atom stereocenters. The third-order valence-electron chi connectivity index (χ3n) is 4.12. The van der Waals surface area contributed by atoms with E-state index in [9.17, 15) is 8.42 Å². The lowest BCUT2D eigenvalue weighted by atomic mass is 10.1. The van der Waals surface area contributed by atoms with Gasteiger partial charge in [0.15, 0.2) is 5.58 Å². The number of fused-ring (bicyclic) bond motifs is 1. The molecule has 8 nitrogen and oxygen atoms in total. The minimum absolute atomic E-state index is 0.274. The monoisotopic (exact) mass is 383 g/mol. The van der Waals surface area contributed by atoms with Crippen molar-refractivity contribution in [1.29, 1.82) is 0 Å². The molecule has 1 atom stereocenters. The van der Waals surface area contributed by atoms with Gasteiger partial charge in [0.1, 0.15) is 11.4 Å². The number of benzene rings is 2. The molecule has 138 valence electrons. The van der Waals surface area contributed by atoms with Crippen molar-refractivity contribution >= 4 is 21.0 Å². The van der Waals surface area contributed by atoms with Gasteiger partial charge in [-0.05, 0) is 17.7 Å². The summed E-state index contributed by atoms with van der Waals surface area (Å²) in [6.07, 6.45) is 3.11. The van der Waals surface area contributed by atoms with Crippen LogP contribution < -0.4 is 4.72 Å². The molecule has 0 aliphatic heterocycles. The Hall–Kier alpha value is -3.04. The maximum Gasteiger partial charge on any atom is 0.218 e. The van der Waals surface area contributed by atoms with Gasteiger partial charge in [-0.3, -0.25) is 0 Å². The summed E-state index contributed by atoms with van der Waals surface area (Å²) in [7, 11) is -3.69. The molecular formula is C18H17N5O3S. The van der Waals surface area contributed by atoms with Crippen LogP contribution in [0.3, 0.4) is 0 Å². The first kappa shape index (κ1) is 17.4. The smallest absolute Gasteiger partial charge is 0.218 e. The van der Waals surface area contributed by atoms with Crippen LogP contribution in [0.1, 0.15) is 17.3 Å². The summed E-state index contributed by atoms with van der Waals surface area (Å²) in [5.74, 6) is -0.278. The average Bonchev–Trinajstić information content (AvgIpc) is 3.32. The summed E-state index contributed by atoms with van der Waals surface area (Å²) in [5.41, 5.74) is 1.76. The van der Waals surface area contributed by atoms with Crippen molar-refractivity contribution in [2.75, 3.05) is 0 Å². The third-order valence-corrected chi connectivity index (χ3v) is 5.41. The van der Waals surface area contributed by atoms with Crippen LogP contribution in [-0.4, -0.2) is 28.6 Å². The lowest BCUT2D eigenvalue weighted by Gasteiger charge is -2.18. The SMILES string of the molecule is O=S(=O)(Cc1noc2ccccc12)NC(Cn1nccn1)c1ccccc1. The Balaban J connectivity index is 1.59. The fourth-order valence-electron chi connectivity index (χ4n) is 2.88. The van der Waals surface area contributed by atoms with Gasteiger partial charge in [-0.15, -0.1) is 0 Å². The molecule has 0 radical (unpaired) electrons. The number of sulfonamides is 1. The summed E-state index contributed by atoms with van der Waals surface area (Å²) >= 11 is 0. The molecule has 4 rings (SSSR count). The third kappa shape index (κ3) is 4.04. The highest BCUT2D eigenvalue weighted by molar-refractivity contribution is 7.88. The van der Waals surface area contributed by atoms with Crippen LogP contribution in [0, 0.1) is 0 Å². The first-order valence-electron chi connectivity index (χ1n) is 8.33. The van der Waals surface area contributed by atoms with Crippen LogP contribution in [-0.2, 0) is 22.3 Å². The fraction of sp³-hybridized carbons (Fsp3) is 0.167. The van der Waals surface area contributed by atoms with E-state index >= 15 is 0 Å². The number of aromatic nitrogens is 4. The molecule has 0 aliphatic carbocycles. The minimum Gasteiger partial charge on any atom is -0.356 e. The molecule has 0 saturated heterocycles. The second-order valence-corrected chi connectivity index (χ2v) is 7.80. The summed E-state index contributed by atoms with van der Waals surface area (Å²) in [5, 5.41) is 12.7. The van der Waals surface area contributed by atoms with Gasteiger partial charge in [0, 0.05) is 5.39 Å². The number of hydrogen-bond acceptors (Lipinski definition) is 6. The zero-order chi connectivity index (χ0) is 18.7. The van der Waals surface area contributed by atoms with Crippen molar-refractivity contribution < 1.29 is 12.9 Å². The zero-order valence-electron chi connectivity index (χ0n) is 14.3. The van der Waals surface area contributed by atoms with Gasteiger partial charge in [0.2, 0.25) is 10.0 Å². The first-order chi connectivity index (χ1) is 13.1. The van der Waals surface area contributed by atoms with Gasteiger partial charge in [0.25, 0.3) is 0 Å². The lowest BCUT2D eigenvalue weighted by molar-refractivity contribution is 0.440. The molecule has 2 heterocycles. The van der Waals surface area contributed by atoms with Gasteiger partial charge in [0.05, 0.1) is 25.0 Å². The van der Waals surface area contributed by atoms with Crippen LogP contribution in [0.5, 0.6) is 0 Å². The van der Waals surface area contributed by atoms with E-state index in [1.807, 2.05) is 42.5 Å². The van der Waals surface area contributed by atoms with Crippen molar-refractivity contribution in [2.45, 2.75) is 18.3 Å². The maximum absolute atomic E-state index is 12.8. The molecule has 9 heteroatoms. The fourth-order valence-corrected chi connectivity index (χ4v) is 4.17. The predicted molar refractivity (Wildman–Crippen MR) is 99.0 cm³/mol. The van der Waals surface area contributed by atoms with Gasteiger partial charge in [-0.2, -0.15) is 15.0 Å². The van der Waals surface area contributed by atoms with Crippen molar-refractivity contribution in [3.63, 3.8) is 0 Å². The van der Waals surface area contributed by atoms with E-state index < -0.39 is 16.1 Å². The number of para-hydroxylation sites is 1. The molecule has 0 fully saturated rings. The molecule has 2 aromatic heterocycles. The van der Waals surface area contributed by atoms with Crippen molar-refractivity contribution in [3.05, 3.63) is 78.2 Å². The maximum atomic E-state index is 12.8. The Labute approximate surface area is 155 Å². The van der Waals surface area contributed by atoms with E-state index in [0.717, 1.165) is 5.56 Å². The first-order valence-corrected chi connectivity index (χ1v) is 9.98. The summed E-state index contributed by atoms with van der Waals surface area (Å²) < 4.78 is 33.6. The zero-order valence-corrected chi connectivity index (χ0v) is 15.1. The standard InChI is InChI=1S/C18H17N5O3S/c24-27(25,13-17-15-8-4-5-9-18(15)26-21-17)22-16(12-23-19-10-11-20-23)14-6-2-1-3-7-14/h1-11,16,22H,12-13H2. The van der Waals surface area contributed by atoms with Crippen LogP contribution in [0.2, 0.25) is 0 Å². The van der Waals surface area contributed by atoms with Gasteiger partial charge >= 0.3 is 0 Å². The molecule has 0 bridgehead atoms. The lowest BCUT2D eigenvalue weighted by Crippen LogP contribution is -2.33. The molecule has 2 aromatic carbocycles. The molecule has 27 heavy (non-hydrogen) atoms. The van der Waals surface area contributed by atoms with Crippen LogP contribution in [0.25, 0.3) is 11.0 Å². The molecule has 0 amide bonds. The Morgan fingerprint density at radius 3 is 2.48 bits per heavy atom. The van der Waals surface area contributed by atoms with E-state index in [4.69, 9.17) is 4.52 Å². The van der Waals surface area contributed by atoms with Crippen LogP contribution >= 0.6 is 0 Å². The van der Waals surface area contributed by atoms with Crippen LogP contribution in [0.4, 0.5) is 0 Å². The predicted octanol–water partition coefficient (Wildman–Crippen LogP) is 2.28. The quantitative estimate of drug-likeness (QED) is 0.525. The van der Waals surface area contributed by atoms with E-state index in [-0.39, 0.29) is 12.3 Å². The summed E-state index contributed by atoms with van der Waals surface area (Å²) in [6, 6.07) is 16.0. The normalized spacial score (nSPS) is 13.0. The highest BCUT2D eigenvalue weighted by Gasteiger charge is 2.23. The molecule has 0 aliphatic rings. The molecule has 4 aromatic rings. The Bertz CT molecular complexity index is 1120. The average molecular weight is 383 g/mol. The van der Waals surface area contributed by atoms with Crippen molar-refractivity contribution in [2.24, 2.45) is 0 Å².